The lowest BCUT2D eigenvalue weighted by Gasteiger charge is -2.38. The number of aliphatic imine (C=N–C) groups is 1. The molecule has 1 atom stereocenters. The quantitative estimate of drug-likeness (QED) is 0.479. The molecule has 0 saturated heterocycles. The highest BCUT2D eigenvalue weighted by molar-refractivity contribution is 7.89. The van der Waals surface area contributed by atoms with Crippen LogP contribution in [0.5, 0.6) is 5.88 Å². The summed E-state index contributed by atoms with van der Waals surface area (Å²) in [5.41, 5.74) is 0.145. The number of rotatable bonds is 8. The first kappa shape index (κ1) is 21.3. The second kappa shape index (κ2) is 8.67. The van der Waals surface area contributed by atoms with Gasteiger partial charge in [0.2, 0.25) is 21.9 Å². The predicted octanol–water partition coefficient (Wildman–Crippen LogP) is 1.93. The Bertz CT molecular complexity index is 1590. The van der Waals surface area contributed by atoms with E-state index in [1.54, 1.807) is 42.4 Å². The van der Waals surface area contributed by atoms with Gasteiger partial charge in [0.1, 0.15) is 6.61 Å². The summed E-state index contributed by atoms with van der Waals surface area (Å²) in [6, 6.07) is 9.24. The maximum absolute atomic E-state index is 13.9. The largest absolute Gasteiger partial charge is 0.475 e. The van der Waals surface area contributed by atoms with E-state index in [1.807, 2.05) is 6.92 Å². The van der Waals surface area contributed by atoms with Crippen molar-refractivity contribution < 1.29 is 20.7 Å². The number of amides is 1. The number of benzene rings is 1. The maximum atomic E-state index is 13.9. The molecule has 2 aromatic heterocycles. The van der Waals surface area contributed by atoms with E-state index in [0.29, 0.717) is 11.6 Å². The van der Waals surface area contributed by atoms with E-state index < -0.39 is 34.0 Å². The first-order valence-electron chi connectivity index (χ1n) is 12.9. The molecule has 0 spiro atoms. The second-order valence-electron chi connectivity index (χ2n) is 9.64. The van der Waals surface area contributed by atoms with Gasteiger partial charge in [-0.05, 0) is 44.0 Å². The van der Waals surface area contributed by atoms with Gasteiger partial charge in [-0.1, -0.05) is 6.07 Å². The standard InChI is InChI=1S/C25H27N7O4S/c1-25(8-9-25)29-37(34,35)19-6-7-21-20(11-19)23(33)31(15-17-12-28-30(2)14-17)24-27-13-18(32(21)24)16-36-22-5-3-4-10-26-22/h3-7,10-12,14,18,29H,8-9,13,15-16H2,1-2H3/t18-/m0/s1/i15D2. The van der Waals surface area contributed by atoms with Crippen LogP contribution in [0.3, 0.4) is 0 Å². The number of aryl methyl sites for hydroxylation is 1. The number of nitrogens with zero attached hydrogens (tertiary/aromatic N) is 6. The van der Waals surface area contributed by atoms with Gasteiger partial charge in [-0.2, -0.15) is 5.10 Å². The van der Waals surface area contributed by atoms with Crippen LogP contribution >= 0.6 is 0 Å². The summed E-state index contributed by atoms with van der Waals surface area (Å²) in [6.07, 6.45) is 5.93. The number of hydrogen-bond donors (Lipinski definition) is 1. The van der Waals surface area contributed by atoms with Crippen LogP contribution in [-0.2, 0) is 23.6 Å². The van der Waals surface area contributed by atoms with E-state index in [1.165, 1.54) is 29.2 Å². The minimum atomic E-state index is -3.91. The highest BCUT2D eigenvalue weighted by Gasteiger charge is 2.44. The SMILES string of the molecule is [2H]C([2H])(c1cnn(C)c1)N1C(=O)c2cc(S(=O)(=O)NC3(C)CC3)ccc2N2C1=NC[C@H]2COc1ccccn1. The number of carbonyl (C=O) groups is 1. The molecule has 3 aliphatic rings. The molecular weight excluding hydrogens is 494 g/mol. The molecular formula is C25H27N7O4S. The summed E-state index contributed by atoms with van der Waals surface area (Å²) in [7, 11) is -2.25. The summed E-state index contributed by atoms with van der Waals surface area (Å²) >= 11 is 0. The van der Waals surface area contributed by atoms with Crippen molar-refractivity contribution in [3.63, 3.8) is 0 Å². The number of aromatic nitrogens is 3. The zero-order valence-corrected chi connectivity index (χ0v) is 21.1. The number of carbonyl (C=O) groups excluding carboxylic acids is 1. The number of guanidine groups is 1. The molecule has 0 unspecified atom stereocenters. The van der Waals surface area contributed by atoms with E-state index in [0.717, 1.165) is 17.7 Å². The number of ether oxygens (including phenoxy) is 1. The molecule has 2 aliphatic heterocycles. The van der Waals surface area contributed by atoms with Crippen LogP contribution in [0, 0.1) is 0 Å². The van der Waals surface area contributed by atoms with Gasteiger partial charge in [0, 0.05) is 36.6 Å². The summed E-state index contributed by atoms with van der Waals surface area (Å²) in [5.74, 6) is -0.159. The molecule has 1 aromatic carbocycles. The third kappa shape index (κ3) is 4.46. The summed E-state index contributed by atoms with van der Waals surface area (Å²) in [6.45, 7) is -0.112. The van der Waals surface area contributed by atoms with Gasteiger partial charge >= 0.3 is 0 Å². The average Bonchev–Trinajstić information content (AvgIpc) is 3.25. The Hall–Kier alpha value is -3.77. The predicted molar refractivity (Wildman–Crippen MR) is 136 cm³/mol. The van der Waals surface area contributed by atoms with Crippen molar-refractivity contribution in [2.24, 2.45) is 12.0 Å². The Labute approximate surface area is 217 Å². The smallest absolute Gasteiger partial charge is 0.263 e. The van der Waals surface area contributed by atoms with Gasteiger partial charge in [-0.25, -0.2) is 23.1 Å². The van der Waals surface area contributed by atoms with Crippen LogP contribution in [0.2, 0.25) is 0 Å². The first-order chi connectivity index (χ1) is 18.5. The number of pyridine rings is 1. The van der Waals surface area contributed by atoms with Crippen LogP contribution in [0.4, 0.5) is 5.69 Å². The van der Waals surface area contributed by atoms with Gasteiger partial charge in [0.15, 0.2) is 0 Å². The van der Waals surface area contributed by atoms with Crippen LogP contribution in [0.1, 0.15) is 38.4 Å². The van der Waals surface area contributed by atoms with Crippen molar-refractivity contribution in [3.8, 4) is 5.88 Å². The number of anilines is 1. The topological polar surface area (TPSA) is 122 Å². The molecule has 1 aliphatic carbocycles. The van der Waals surface area contributed by atoms with Crippen molar-refractivity contribution in [2.45, 2.75) is 42.7 Å². The van der Waals surface area contributed by atoms with E-state index in [4.69, 9.17) is 7.48 Å². The normalized spacial score (nSPS) is 21.1. The Kier molecular flexibility index (Phi) is 4.99. The summed E-state index contributed by atoms with van der Waals surface area (Å²) in [4.78, 5) is 25.3. The third-order valence-electron chi connectivity index (χ3n) is 6.58. The van der Waals surface area contributed by atoms with Gasteiger partial charge in [0.05, 0.1) is 44.2 Å². The van der Waals surface area contributed by atoms with Crippen molar-refractivity contribution in [3.05, 3.63) is 66.1 Å². The van der Waals surface area contributed by atoms with Gasteiger partial charge in [0.25, 0.3) is 5.91 Å². The van der Waals surface area contributed by atoms with Gasteiger partial charge in [-0.3, -0.25) is 14.4 Å². The lowest BCUT2D eigenvalue weighted by atomic mass is 10.1. The van der Waals surface area contributed by atoms with Crippen molar-refractivity contribution in [2.75, 3.05) is 18.1 Å². The molecule has 1 saturated carbocycles. The molecule has 12 heteroatoms. The molecule has 37 heavy (non-hydrogen) atoms. The molecule has 0 radical (unpaired) electrons. The van der Waals surface area contributed by atoms with Crippen LogP contribution < -0.4 is 14.4 Å². The second-order valence-corrected chi connectivity index (χ2v) is 11.3. The minimum absolute atomic E-state index is 0.0512. The number of nitrogens with one attached hydrogen (secondary N) is 1. The zero-order chi connectivity index (χ0) is 27.6. The molecule has 192 valence electrons. The van der Waals surface area contributed by atoms with E-state index in [9.17, 15) is 13.2 Å². The van der Waals surface area contributed by atoms with E-state index in [2.05, 4.69) is 19.8 Å². The summed E-state index contributed by atoms with van der Waals surface area (Å²) in [5, 5.41) is 4.07. The maximum Gasteiger partial charge on any atom is 0.263 e. The summed E-state index contributed by atoms with van der Waals surface area (Å²) < 4.78 is 54.2. The zero-order valence-electron chi connectivity index (χ0n) is 22.3. The minimum Gasteiger partial charge on any atom is -0.475 e. The molecule has 1 fully saturated rings. The Morgan fingerprint density at radius 2 is 2.11 bits per heavy atom. The number of fused-ring (bicyclic) bond motifs is 3. The fourth-order valence-corrected chi connectivity index (χ4v) is 5.88. The molecule has 0 bridgehead atoms. The molecule has 1 amide bonds. The van der Waals surface area contributed by atoms with Crippen molar-refractivity contribution in [1.29, 1.82) is 0 Å². The van der Waals surface area contributed by atoms with Crippen LogP contribution in [0.15, 0.2) is 64.9 Å². The molecule has 11 nitrogen and oxygen atoms in total. The highest BCUT2D eigenvalue weighted by atomic mass is 32.2. The lowest BCUT2D eigenvalue weighted by Crippen LogP contribution is -2.53. The lowest BCUT2D eigenvalue weighted by molar-refractivity contribution is 0.0832. The first-order valence-corrected chi connectivity index (χ1v) is 13.4. The Morgan fingerprint density at radius 1 is 1.27 bits per heavy atom. The average molecular weight is 524 g/mol. The molecule has 4 heterocycles. The van der Waals surface area contributed by atoms with Crippen molar-refractivity contribution in [1.82, 2.24) is 24.4 Å². The fraction of sp³-hybridized carbons (Fsp3) is 0.360. The van der Waals surface area contributed by atoms with Gasteiger partial charge in [-0.15, -0.1) is 0 Å². The fourth-order valence-electron chi connectivity index (χ4n) is 4.39. The third-order valence-corrected chi connectivity index (χ3v) is 8.22. The monoisotopic (exact) mass is 523 g/mol. The number of sulfonamides is 1. The van der Waals surface area contributed by atoms with Crippen LogP contribution in [0.25, 0.3) is 0 Å². The molecule has 6 rings (SSSR count). The van der Waals surface area contributed by atoms with Gasteiger partial charge < -0.3 is 9.64 Å². The van der Waals surface area contributed by atoms with E-state index >= 15 is 0 Å². The molecule has 3 aromatic rings. The Balaban J connectivity index is 1.42. The van der Waals surface area contributed by atoms with Crippen molar-refractivity contribution >= 4 is 27.6 Å². The van der Waals surface area contributed by atoms with E-state index in [-0.39, 0.29) is 35.1 Å². The van der Waals surface area contributed by atoms with Crippen LogP contribution in [-0.4, -0.2) is 64.7 Å². The Morgan fingerprint density at radius 3 is 2.81 bits per heavy atom. The molecule has 1 N–H and O–H groups in total. The highest BCUT2D eigenvalue weighted by Crippen LogP contribution is 2.38. The number of hydrogen-bond acceptors (Lipinski definition) is 8.